The van der Waals surface area contributed by atoms with E-state index in [9.17, 15) is 4.79 Å². The molecule has 0 spiro atoms. The predicted octanol–water partition coefficient (Wildman–Crippen LogP) is 4.37. The molecule has 0 saturated heterocycles. The van der Waals surface area contributed by atoms with Crippen molar-refractivity contribution in [3.63, 3.8) is 0 Å². The van der Waals surface area contributed by atoms with Crippen molar-refractivity contribution in [1.29, 1.82) is 0 Å². The standard InChI is InChI=1S/C19H25NO/c1-12-5-15(20)3-4-16(12)17(21)19-9-13-6-14(10-19)8-18(2,7-13)11-19/h3-5,13-14H,6-11,20H2,1-2H3. The number of benzene rings is 1. The molecule has 0 amide bonds. The molecular formula is C19H25NO. The van der Waals surface area contributed by atoms with Gasteiger partial charge in [0.2, 0.25) is 0 Å². The fraction of sp³-hybridized carbons (Fsp3) is 0.632. The molecule has 112 valence electrons. The second-order valence-corrected chi connectivity index (χ2v) is 8.46. The first-order chi connectivity index (χ1) is 9.89. The van der Waals surface area contributed by atoms with E-state index in [1.165, 1.54) is 19.3 Å². The van der Waals surface area contributed by atoms with Gasteiger partial charge in [-0.25, -0.2) is 0 Å². The third kappa shape index (κ3) is 1.95. The Morgan fingerprint density at radius 2 is 1.86 bits per heavy atom. The van der Waals surface area contributed by atoms with Gasteiger partial charge in [-0.05, 0) is 86.5 Å². The Labute approximate surface area is 127 Å². The van der Waals surface area contributed by atoms with Crippen molar-refractivity contribution in [1.82, 2.24) is 0 Å². The Morgan fingerprint density at radius 3 is 2.43 bits per heavy atom. The molecule has 21 heavy (non-hydrogen) atoms. The van der Waals surface area contributed by atoms with Gasteiger partial charge in [0.1, 0.15) is 0 Å². The molecule has 4 aliphatic carbocycles. The van der Waals surface area contributed by atoms with Crippen molar-refractivity contribution in [2.24, 2.45) is 22.7 Å². The first-order valence-corrected chi connectivity index (χ1v) is 8.30. The van der Waals surface area contributed by atoms with Gasteiger partial charge in [-0.3, -0.25) is 4.79 Å². The van der Waals surface area contributed by atoms with E-state index in [1.807, 2.05) is 25.1 Å². The lowest BCUT2D eigenvalue weighted by Crippen LogP contribution is -2.54. The van der Waals surface area contributed by atoms with Crippen LogP contribution in [0.2, 0.25) is 0 Å². The van der Waals surface area contributed by atoms with Crippen LogP contribution in [0.3, 0.4) is 0 Å². The van der Waals surface area contributed by atoms with Gasteiger partial charge in [-0.2, -0.15) is 0 Å². The number of hydrogen-bond donors (Lipinski definition) is 1. The molecule has 4 bridgehead atoms. The third-order valence-corrected chi connectivity index (χ3v) is 6.33. The summed E-state index contributed by atoms with van der Waals surface area (Å²) in [4.78, 5) is 13.3. The summed E-state index contributed by atoms with van der Waals surface area (Å²) in [5, 5.41) is 0. The van der Waals surface area contributed by atoms with Crippen LogP contribution in [0.4, 0.5) is 5.69 Å². The van der Waals surface area contributed by atoms with Gasteiger partial charge in [-0.15, -0.1) is 0 Å². The molecule has 2 N–H and O–H groups in total. The average molecular weight is 283 g/mol. The minimum Gasteiger partial charge on any atom is -0.399 e. The number of nitrogen functional groups attached to an aromatic ring is 1. The van der Waals surface area contributed by atoms with E-state index in [0.29, 0.717) is 11.2 Å². The van der Waals surface area contributed by atoms with Crippen LogP contribution in [0.1, 0.15) is 61.4 Å². The Hall–Kier alpha value is -1.31. The molecule has 0 heterocycles. The maximum absolute atomic E-state index is 13.3. The lowest BCUT2D eigenvalue weighted by molar-refractivity contribution is -0.0820. The number of aryl methyl sites for hydroxylation is 1. The van der Waals surface area contributed by atoms with E-state index >= 15 is 0 Å². The highest BCUT2D eigenvalue weighted by Crippen LogP contribution is 2.65. The van der Waals surface area contributed by atoms with Gasteiger partial charge in [0.25, 0.3) is 0 Å². The minimum absolute atomic E-state index is 0.0697. The Morgan fingerprint density at radius 1 is 1.19 bits per heavy atom. The Kier molecular flexibility index (Phi) is 2.62. The molecule has 2 atom stereocenters. The van der Waals surface area contributed by atoms with Crippen LogP contribution >= 0.6 is 0 Å². The van der Waals surface area contributed by atoms with Crippen LogP contribution in [-0.2, 0) is 0 Å². The number of Topliss-reactive ketones (excluding diaryl/α,β-unsaturated/α-hetero) is 1. The van der Waals surface area contributed by atoms with Gasteiger partial charge in [0, 0.05) is 16.7 Å². The van der Waals surface area contributed by atoms with Gasteiger partial charge in [0.15, 0.2) is 5.78 Å². The van der Waals surface area contributed by atoms with E-state index in [4.69, 9.17) is 5.73 Å². The van der Waals surface area contributed by atoms with E-state index in [1.54, 1.807) is 0 Å². The highest BCUT2D eigenvalue weighted by Gasteiger charge is 2.58. The first-order valence-electron chi connectivity index (χ1n) is 8.30. The van der Waals surface area contributed by atoms with Crippen LogP contribution in [0.25, 0.3) is 0 Å². The molecule has 0 radical (unpaired) electrons. The summed E-state index contributed by atoms with van der Waals surface area (Å²) in [7, 11) is 0. The highest BCUT2D eigenvalue weighted by molar-refractivity contribution is 6.02. The zero-order chi connectivity index (χ0) is 14.8. The van der Waals surface area contributed by atoms with Crippen LogP contribution in [-0.4, -0.2) is 5.78 Å². The molecule has 0 aliphatic heterocycles. The Bertz CT molecular complexity index is 604. The summed E-state index contributed by atoms with van der Waals surface area (Å²) < 4.78 is 0. The number of rotatable bonds is 2. The van der Waals surface area contributed by atoms with Crippen LogP contribution in [0, 0.1) is 29.6 Å². The molecule has 1 aromatic rings. The van der Waals surface area contributed by atoms with Crippen molar-refractivity contribution < 1.29 is 4.79 Å². The molecule has 5 rings (SSSR count). The summed E-state index contributed by atoms with van der Waals surface area (Å²) in [6, 6.07) is 5.77. The molecule has 2 nitrogen and oxygen atoms in total. The maximum Gasteiger partial charge on any atom is 0.169 e. The topological polar surface area (TPSA) is 43.1 Å². The normalized spacial score (nSPS) is 40.5. The number of nitrogens with two attached hydrogens (primary N) is 1. The number of hydrogen-bond acceptors (Lipinski definition) is 2. The smallest absolute Gasteiger partial charge is 0.169 e. The van der Waals surface area contributed by atoms with Crippen LogP contribution in [0.5, 0.6) is 0 Å². The summed E-state index contributed by atoms with van der Waals surface area (Å²) >= 11 is 0. The van der Waals surface area contributed by atoms with E-state index in [2.05, 4.69) is 6.92 Å². The van der Waals surface area contributed by atoms with E-state index < -0.39 is 0 Å². The number of ketones is 1. The highest BCUT2D eigenvalue weighted by atomic mass is 16.1. The fourth-order valence-electron chi connectivity index (χ4n) is 6.21. The molecule has 1 aromatic carbocycles. The van der Waals surface area contributed by atoms with Crippen molar-refractivity contribution in [2.45, 2.75) is 52.4 Å². The second kappa shape index (κ2) is 4.12. The van der Waals surface area contributed by atoms with E-state index in [0.717, 1.165) is 47.9 Å². The van der Waals surface area contributed by atoms with Crippen LogP contribution < -0.4 is 5.73 Å². The summed E-state index contributed by atoms with van der Waals surface area (Å²) in [6.07, 6.45) is 7.42. The molecule has 4 aliphatic rings. The van der Waals surface area contributed by atoms with E-state index in [-0.39, 0.29) is 5.41 Å². The lowest BCUT2D eigenvalue weighted by atomic mass is 9.43. The van der Waals surface area contributed by atoms with Crippen molar-refractivity contribution >= 4 is 11.5 Å². The van der Waals surface area contributed by atoms with Gasteiger partial charge in [0.05, 0.1) is 0 Å². The van der Waals surface area contributed by atoms with Crippen molar-refractivity contribution in [2.75, 3.05) is 5.73 Å². The molecule has 0 aromatic heterocycles. The monoisotopic (exact) mass is 283 g/mol. The zero-order valence-corrected chi connectivity index (χ0v) is 13.1. The second-order valence-electron chi connectivity index (χ2n) is 8.46. The van der Waals surface area contributed by atoms with Crippen LogP contribution in [0.15, 0.2) is 18.2 Å². The third-order valence-electron chi connectivity index (χ3n) is 6.33. The largest absolute Gasteiger partial charge is 0.399 e. The van der Waals surface area contributed by atoms with Crippen molar-refractivity contribution in [3.05, 3.63) is 29.3 Å². The number of anilines is 1. The molecule has 2 heteroatoms. The lowest BCUT2D eigenvalue weighted by Gasteiger charge is -2.60. The Balaban J connectivity index is 1.74. The predicted molar refractivity (Wildman–Crippen MR) is 85.1 cm³/mol. The summed E-state index contributed by atoms with van der Waals surface area (Å²) in [6.45, 7) is 4.44. The minimum atomic E-state index is -0.0697. The number of carbonyl (C=O) groups is 1. The fourth-order valence-corrected chi connectivity index (χ4v) is 6.21. The SMILES string of the molecule is Cc1cc(N)ccc1C(=O)C12CC3CC(CC(C)(C3)C1)C2. The molecular weight excluding hydrogens is 258 g/mol. The maximum atomic E-state index is 13.3. The quantitative estimate of drug-likeness (QED) is 0.647. The molecule has 2 unspecified atom stereocenters. The van der Waals surface area contributed by atoms with Gasteiger partial charge in [-0.1, -0.05) is 6.92 Å². The van der Waals surface area contributed by atoms with Crippen molar-refractivity contribution in [3.8, 4) is 0 Å². The average Bonchev–Trinajstić information content (AvgIpc) is 2.35. The van der Waals surface area contributed by atoms with Gasteiger partial charge >= 0.3 is 0 Å². The molecule has 4 saturated carbocycles. The number of carbonyl (C=O) groups excluding carboxylic acids is 1. The zero-order valence-electron chi connectivity index (χ0n) is 13.1. The summed E-state index contributed by atoms with van der Waals surface area (Å²) in [5.41, 5.74) is 8.90. The molecule has 4 fully saturated rings. The first kappa shape index (κ1) is 13.4. The summed E-state index contributed by atoms with van der Waals surface area (Å²) in [5.74, 6) is 1.98. The van der Waals surface area contributed by atoms with Gasteiger partial charge < -0.3 is 5.73 Å².